The Kier molecular flexibility index (Phi) is 5.29. The Morgan fingerprint density at radius 2 is 1.95 bits per heavy atom. The molecule has 0 amide bonds. The monoisotopic (exact) mass is 421 g/mol. The van der Waals surface area contributed by atoms with Crippen molar-refractivity contribution >= 4 is 49.1 Å². The molecule has 0 aliphatic carbocycles. The van der Waals surface area contributed by atoms with Gasteiger partial charge in [-0.2, -0.15) is 0 Å². The summed E-state index contributed by atoms with van der Waals surface area (Å²) < 4.78 is 20.3. The van der Waals surface area contributed by atoms with Gasteiger partial charge in [-0.15, -0.1) is 0 Å². The van der Waals surface area contributed by atoms with Crippen LogP contribution in [0.15, 0.2) is 39.3 Å². The fourth-order valence-corrected chi connectivity index (χ4v) is 3.08. The van der Waals surface area contributed by atoms with E-state index in [0.717, 1.165) is 25.9 Å². The van der Waals surface area contributed by atoms with Crippen LogP contribution in [0.2, 0.25) is 5.02 Å². The molecule has 0 unspecified atom stereocenters. The molecule has 0 saturated carbocycles. The van der Waals surface area contributed by atoms with Gasteiger partial charge in [0.25, 0.3) is 0 Å². The maximum Gasteiger partial charge on any atom is 0.142 e. The highest BCUT2D eigenvalue weighted by atomic mass is 79.9. The summed E-state index contributed by atoms with van der Waals surface area (Å²) in [6, 6.07) is 8.50. The van der Waals surface area contributed by atoms with E-state index in [0.29, 0.717) is 6.54 Å². The van der Waals surface area contributed by atoms with Crippen LogP contribution in [0.25, 0.3) is 0 Å². The van der Waals surface area contributed by atoms with Crippen molar-refractivity contribution in [1.29, 1.82) is 0 Å². The third-order valence-corrected chi connectivity index (χ3v) is 4.29. The lowest BCUT2D eigenvalue weighted by molar-refractivity contribution is 0.412. The van der Waals surface area contributed by atoms with Crippen molar-refractivity contribution in [2.45, 2.75) is 6.54 Å². The summed E-state index contributed by atoms with van der Waals surface area (Å²) in [5, 5.41) is 3.35. The minimum atomic E-state index is -0.418. The standard InChI is InChI=1S/C14H11Br2ClFNO/c1-20-14-6-13(9(15)5-10(14)16)19-7-8-2-3-11(17)12(18)4-8/h2-6,19H,7H2,1H3. The van der Waals surface area contributed by atoms with Crippen molar-refractivity contribution in [3.63, 3.8) is 0 Å². The van der Waals surface area contributed by atoms with Crippen molar-refractivity contribution in [1.82, 2.24) is 0 Å². The molecule has 20 heavy (non-hydrogen) atoms. The van der Waals surface area contributed by atoms with E-state index < -0.39 is 5.82 Å². The van der Waals surface area contributed by atoms with E-state index in [1.165, 1.54) is 6.07 Å². The zero-order valence-electron chi connectivity index (χ0n) is 10.5. The van der Waals surface area contributed by atoms with E-state index in [1.54, 1.807) is 19.2 Å². The summed E-state index contributed by atoms with van der Waals surface area (Å²) in [5.41, 5.74) is 1.67. The molecule has 0 atom stereocenters. The van der Waals surface area contributed by atoms with Crippen molar-refractivity contribution in [2.24, 2.45) is 0 Å². The van der Waals surface area contributed by atoms with E-state index in [1.807, 2.05) is 12.1 Å². The van der Waals surface area contributed by atoms with Gasteiger partial charge in [0.15, 0.2) is 0 Å². The lowest BCUT2D eigenvalue weighted by atomic mass is 10.2. The van der Waals surface area contributed by atoms with Gasteiger partial charge in [-0.05, 0) is 55.6 Å². The average molecular weight is 424 g/mol. The molecular weight excluding hydrogens is 412 g/mol. The molecule has 2 nitrogen and oxygen atoms in total. The zero-order valence-corrected chi connectivity index (χ0v) is 14.4. The number of rotatable bonds is 4. The lowest BCUT2D eigenvalue weighted by Gasteiger charge is -2.12. The van der Waals surface area contributed by atoms with Crippen LogP contribution < -0.4 is 10.1 Å². The minimum Gasteiger partial charge on any atom is -0.495 e. The van der Waals surface area contributed by atoms with Gasteiger partial charge in [-0.25, -0.2) is 4.39 Å². The number of anilines is 1. The zero-order chi connectivity index (χ0) is 14.7. The summed E-state index contributed by atoms with van der Waals surface area (Å²) in [6.07, 6.45) is 0. The molecule has 2 rings (SSSR count). The third-order valence-electron chi connectivity index (χ3n) is 2.71. The van der Waals surface area contributed by atoms with Gasteiger partial charge in [-0.1, -0.05) is 17.7 Å². The topological polar surface area (TPSA) is 21.3 Å². The van der Waals surface area contributed by atoms with E-state index >= 15 is 0 Å². The lowest BCUT2D eigenvalue weighted by Crippen LogP contribution is -2.01. The second-order valence-corrected chi connectivity index (χ2v) is 6.18. The van der Waals surface area contributed by atoms with Gasteiger partial charge < -0.3 is 10.1 Å². The molecule has 1 N–H and O–H groups in total. The van der Waals surface area contributed by atoms with Crippen molar-refractivity contribution in [3.8, 4) is 5.75 Å². The number of halogens is 4. The first-order valence-electron chi connectivity index (χ1n) is 5.72. The Morgan fingerprint density at radius 1 is 1.20 bits per heavy atom. The van der Waals surface area contributed by atoms with Crippen LogP contribution in [0, 0.1) is 5.82 Å². The Labute approximate surface area is 138 Å². The van der Waals surface area contributed by atoms with Gasteiger partial charge in [0, 0.05) is 17.1 Å². The van der Waals surface area contributed by atoms with Crippen molar-refractivity contribution < 1.29 is 9.13 Å². The molecule has 0 bridgehead atoms. The Hall–Kier alpha value is -0.780. The number of ether oxygens (including phenoxy) is 1. The fraction of sp³-hybridized carbons (Fsp3) is 0.143. The molecule has 0 fully saturated rings. The molecule has 6 heteroatoms. The van der Waals surface area contributed by atoms with E-state index in [-0.39, 0.29) is 5.02 Å². The summed E-state index contributed by atoms with van der Waals surface area (Å²) in [4.78, 5) is 0. The number of nitrogens with one attached hydrogen (secondary N) is 1. The number of methoxy groups -OCH3 is 1. The van der Waals surface area contributed by atoms with E-state index in [9.17, 15) is 4.39 Å². The summed E-state index contributed by atoms with van der Waals surface area (Å²) in [5.74, 6) is 0.302. The third kappa shape index (κ3) is 3.65. The van der Waals surface area contributed by atoms with Gasteiger partial charge in [0.05, 0.1) is 22.3 Å². The molecular formula is C14H11Br2ClFNO. The molecule has 0 heterocycles. The van der Waals surface area contributed by atoms with E-state index in [2.05, 4.69) is 37.2 Å². The highest BCUT2D eigenvalue weighted by molar-refractivity contribution is 9.11. The number of hydrogen-bond donors (Lipinski definition) is 1. The smallest absolute Gasteiger partial charge is 0.142 e. The summed E-state index contributed by atoms with van der Waals surface area (Å²) in [7, 11) is 1.60. The molecule has 2 aromatic carbocycles. The molecule has 0 spiro atoms. The Bertz CT molecular complexity index is 637. The van der Waals surface area contributed by atoms with Crippen LogP contribution in [0.1, 0.15) is 5.56 Å². The maximum atomic E-state index is 13.4. The fourth-order valence-electron chi connectivity index (χ4n) is 1.67. The quantitative estimate of drug-likeness (QED) is 0.689. The molecule has 0 aromatic heterocycles. The predicted molar refractivity (Wildman–Crippen MR) is 87.1 cm³/mol. The second-order valence-electron chi connectivity index (χ2n) is 4.07. The van der Waals surface area contributed by atoms with Crippen LogP contribution in [-0.2, 0) is 6.54 Å². The predicted octanol–water partition coefficient (Wildman–Crippen LogP) is 5.62. The molecule has 0 aliphatic rings. The minimum absolute atomic E-state index is 0.125. The SMILES string of the molecule is COc1cc(NCc2ccc(Cl)c(F)c2)c(Br)cc1Br. The normalized spacial score (nSPS) is 10.4. The van der Waals surface area contributed by atoms with Crippen LogP contribution in [-0.4, -0.2) is 7.11 Å². The number of benzene rings is 2. The Morgan fingerprint density at radius 3 is 2.60 bits per heavy atom. The second kappa shape index (κ2) is 6.78. The first-order valence-corrected chi connectivity index (χ1v) is 7.68. The first kappa shape index (κ1) is 15.6. The maximum absolute atomic E-state index is 13.4. The van der Waals surface area contributed by atoms with Gasteiger partial charge >= 0.3 is 0 Å². The summed E-state index contributed by atoms with van der Waals surface area (Å²) >= 11 is 12.5. The molecule has 106 valence electrons. The average Bonchev–Trinajstić information content (AvgIpc) is 2.41. The van der Waals surface area contributed by atoms with Crippen LogP contribution in [0.4, 0.5) is 10.1 Å². The summed E-state index contributed by atoms with van der Waals surface area (Å²) in [6.45, 7) is 0.484. The largest absolute Gasteiger partial charge is 0.495 e. The highest BCUT2D eigenvalue weighted by Gasteiger charge is 2.07. The Balaban J connectivity index is 2.16. The first-order chi connectivity index (χ1) is 9.51. The van der Waals surface area contributed by atoms with Crippen molar-refractivity contribution in [2.75, 3.05) is 12.4 Å². The van der Waals surface area contributed by atoms with Crippen LogP contribution in [0.3, 0.4) is 0 Å². The van der Waals surface area contributed by atoms with Gasteiger partial charge in [0.2, 0.25) is 0 Å². The van der Waals surface area contributed by atoms with Gasteiger partial charge in [-0.3, -0.25) is 0 Å². The molecule has 0 aliphatic heterocycles. The highest BCUT2D eigenvalue weighted by Crippen LogP contribution is 2.34. The van der Waals surface area contributed by atoms with Crippen molar-refractivity contribution in [3.05, 3.63) is 55.7 Å². The molecule has 0 radical (unpaired) electrons. The molecule has 0 saturated heterocycles. The molecule has 2 aromatic rings. The van der Waals surface area contributed by atoms with E-state index in [4.69, 9.17) is 16.3 Å². The van der Waals surface area contributed by atoms with Crippen LogP contribution in [0.5, 0.6) is 5.75 Å². The van der Waals surface area contributed by atoms with Gasteiger partial charge in [0.1, 0.15) is 11.6 Å². The number of hydrogen-bond acceptors (Lipinski definition) is 2. The van der Waals surface area contributed by atoms with Crippen LogP contribution >= 0.6 is 43.5 Å².